The average Bonchev–Trinajstić information content (AvgIpc) is 3.52. The van der Waals surface area contributed by atoms with E-state index in [2.05, 4.69) is 24.6 Å². The van der Waals surface area contributed by atoms with Gasteiger partial charge in [-0.15, -0.1) is 0 Å². The Hall–Kier alpha value is -1.61. The maximum Gasteiger partial charge on any atom is 0.204 e. The summed E-state index contributed by atoms with van der Waals surface area (Å²) >= 11 is 0.902. The molecule has 0 saturated heterocycles. The minimum atomic E-state index is -1.87. The Morgan fingerprint density at radius 2 is 1.82 bits per heavy atom. The van der Waals surface area contributed by atoms with Gasteiger partial charge in [0.15, 0.2) is 5.60 Å². The number of aliphatic imine (C=N–C) groups is 1. The highest BCUT2D eigenvalue weighted by Gasteiger charge is 2.42. The molecule has 10 N–H and O–H groups in total. The predicted molar refractivity (Wildman–Crippen MR) is 133 cm³/mol. The van der Waals surface area contributed by atoms with Crippen molar-refractivity contribution in [3.05, 3.63) is 22.5 Å². The second-order valence-corrected chi connectivity index (χ2v) is 11.6. The van der Waals surface area contributed by atoms with Gasteiger partial charge in [0.25, 0.3) is 0 Å². The fourth-order valence-corrected chi connectivity index (χ4v) is 6.38. The van der Waals surface area contributed by atoms with Gasteiger partial charge in [0.05, 0.1) is 31.6 Å². The highest BCUT2D eigenvalue weighted by molar-refractivity contribution is 8.21. The number of aliphatic hydroxyl groups is 4. The van der Waals surface area contributed by atoms with E-state index in [-0.39, 0.29) is 23.5 Å². The first-order chi connectivity index (χ1) is 16.0. The smallest absolute Gasteiger partial charge is 0.204 e. The predicted octanol–water partition coefficient (Wildman–Crippen LogP) is -1.37. The monoisotopic (exact) mass is 517 g/mol. The van der Waals surface area contributed by atoms with E-state index in [4.69, 9.17) is 36.0 Å². The van der Waals surface area contributed by atoms with E-state index in [0.29, 0.717) is 0 Å². The van der Waals surface area contributed by atoms with E-state index in [1.54, 1.807) is 0 Å². The quantitative estimate of drug-likeness (QED) is 0.229. The number of aliphatic hydroxyl groups excluding tert-OH is 3. The van der Waals surface area contributed by atoms with Crippen LogP contribution >= 0.6 is 11.8 Å². The van der Waals surface area contributed by atoms with Crippen LogP contribution in [0.5, 0.6) is 0 Å². The van der Waals surface area contributed by atoms with Gasteiger partial charge in [0, 0.05) is 16.8 Å². The van der Waals surface area contributed by atoms with Gasteiger partial charge >= 0.3 is 0 Å². The molecule has 13 heteroatoms. The summed E-state index contributed by atoms with van der Waals surface area (Å²) < 4.78 is 10.5. The number of primary amides is 1. The number of fused-ring (bicyclic) bond motifs is 2. The molecule has 34 heavy (non-hydrogen) atoms. The van der Waals surface area contributed by atoms with Gasteiger partial charge < -0.3 is 31.9 Å². The SMILES string of the molecule is CC1(C)CCc2c1nc1c(c2N)CCC1.NC=O.NS(=O)C1SC(C(O)(CO)CO)=NC1CO. The molecule has 1 aliphatic heterocycles. The molecule has 2 aliphatic carbocycles. The largest absolute Gasteiger partial charge is 0.398 e. The molecule has 0 saturated carbocycles. The molecule has 3 unspecified atom stereocenters. The molecule has 1 aromatic heterocycles. The Balaban J connectivity index is 0.000000216. The molecule has 3 atom stereocenters. The molecule has 0 radical (unpaired) electrons. The Bertz CT molecular complexity index is 939. The summed E-state index contributed by atoms with van der Waals surface area (Å²) in [5, 5.41) is 41.9. The number of anilines is 1. The Morgan fingerprint density at radius 1 is 1.21 bits per heavy atom. The minimum absolute atomic E-state index is 0.0420. The third-order valence-electron chi connectivity index (χ3n) is 6.17. The van der Waals surface area contributed by atoms with Crippen LogP contribution < -0.4 is 16.6 Å². The molecule has 0 spiro atoms. The number of carbonyl (C=O) groups excluding carboxylic acids is 1. The zero-order valence-corrected chi connectivity index (χ0v) is 21.1. The number of aryl methyl sites for hydroxylation is 1. The Labute approximate surface area is 205 Å². The van der Waals surface area contributed by atoms with Crippen LogP contribution in [-0.4, -0.2) is 77.1 Å². The lowest BCUT2D eigenvalue weighted by atomic mass is 9.90. The van der Waals surface area contributed by atoms with Crippen molar-refractivity contribution < 1.29 is 29.4 Å². The summed E-state index contributed by atoms with van der Waals surface area (Å²) in [4.78, 5) is 17.4. The van der Waals surface area contributed by atoms with Gasteiger partial charge in [-0.05, 0) is 43.2 Å². The van der Waals surface area contributed by atoms with Crippen LogP contribution in [-0.2, 0) is 40.5 Å². The van der Waals surface area contributed by atoms with Crippen LogP contribution in [0.3, 0.4) is 0 Å². The summed E-state index contributed by atoms with van der Waals surface area (Å²) in [6.45, 7) is 2.78. The molecular weight excluding hydrogens is 482 g/mol. The number of hydrogen-bond acceptors (Lipinski definition) is 10. The van der Waals surface area contributed by atoms with Crippen molar-refractivity contribution in [1.82, 2.24) is 4.98 Å². The van der Waals surface area contributed by atoms with E-state index in [1.165, 1.54) is 35.4 Å². The van der Waals surface area contributed by atoms with E-state index in [9.17, 15) is 9.32 Å². The molecular formula is C21H35N5O6S2. The maximum atomic E-state index is 11.1. The first kappa shape index (κ1) is 28.6. The van der Waals surface area contributed by atoms with Crippen molar-refractivity contribution >= 4 is 39.9 Å². The Kier molecular flexibility index (Phi) is 10.0. The highest BCUT2D eigenvalue weighted by atomic mass is 32.2. The first-order valence-electron chi connectivity index (χ1n) is 10.9. The molecule has 4 rings (SSSR count). The zero-order valence-electron chi connectivity index (χ0n) is 19.4. The number of pyridine rings is 1. The summed E-state index contributed by atoms with van der Waals surface area (Å²) in [5.74, 6) is 0. The lowest BCUT2D eigenvalue weighted by Gasteiger charge is -2.22. The van der Waals surface area contributed by atoms with Crippen molar-refractivity contribution in [3.8, 4) is 0 Å². The summed E-state index contributed by atoms with van der Waals surface area (Å²) in [6.07, 6.45) is 6.07. The number of nitrogens with zero attached hydrogens (tertiary/aromatic N) is 2. The second kappa shape index (κ2) is 11.9. The van der Waals surface area contributed by atoms with Gasteiger partial charge in [0.2, 0.25) is 6.41 Å². The molecule has 2 heterocycles. The summed E-state index contributed by atoms with van der Waals surface area (Å²) in [7, 11) is -1.72. The standard InChI is InChI=1S/C13H18N2.C7H14N2O5S2.CH3NO/c1-13(2)7-6-9-11(14)8-4-3-5-10(8)15-12(9)13;8-16(14)5-4(1-10)9-6(15-5)7(13,2-11)3-12;2-1-3/h3-7H2,1-2H3,(H2,14,15);4-5,10-13H,1-3,8H2;1H,(H2,2,3). The lowest BCUT2D eigenvalue weighted by molar-refractivity contribution is -0.106. The van der Waals surface area contributed by atoms with Crippen molar-refractivity contribution in [2.45, 2.75) is 67.6 Å². The number of hydrogen-bond donors (Lipinski definition) is 7. The molecule has 0 fully saturated rings. The van der Waals surface area contributed by atoms with Gasteiger partial charge in [-0.25, -0.2) is 4.21 Å². The third kappa shape index (κ3) is 5.96. The number of carbonyl (C=O) groups is 1. The van der Waals surface area contributed by atoms with Crippen LogP contribution in [0.4, 0.5) is 5.69 Å². The molecule has 1 amide bonds. The van der Waals surface area contributed by atoms with Crippen LogP contribution in [0.15, 0.2) is 4.99 Å². The van der Waals surface area contributed by atoms with Crippen molar-refractivity contribution in [2.75, 3.05) is 25.6 Å². The summed E-state index contributed by atoms with van der Waals surface area (Å²) in [5.41, 5.74) is 15.1. The normalized spacial score (nSPS) is 23.0. The number of rotatable bonds is 5. The fourth-order valence-electron chi connectivity index (χ4n) is 4.20. The highest BCUT2D eigenvalue weighted by Crippen LogP contribution is 2.42. The van der Waals surface area contributed by atoms with E-state index >= 15 is 0 Å². The molecule has 0 bridgehead atoms. The number of nitrogen functional groups attached to an aromatic ring is 1. The average molecular weight is 518 g/mol. The molecule has 0 aromatic carbocycles. The second-order valence-electron chi connectivity index (χ2n) is 9.00. The summed E-state index contributed by atoms with van der Waals surface area (Å²) in [6, 6.07) is -0.699. The van der Waals surface area contributed by atoms with Crippen LogP contribution in [0.25, 0.3) is 0 Å². The lowest BCUT2D eigenvalue weighted by Crippen LogP contribution is -2.44. The number of aromatic nitrogens is 1. The van der Waals surface area contributed by atoms with Crippen LogP contribution in [0.2, 0.25) is 0 Å². The van der Waals surface area contributed by atoms with Gasteiger partial charge in [-0.2, -0.15) is 0 Å². The van der Waals surface area contributed by atoms with Gasteiger partial charge in [-0.3, -0.25) is 19.9 Å². The molecule has 11 nitrogen and oxygen atoms in total. The van der Waals surface area contributed by atoms with Gasteiger partial charge in [0.1, 0.15) is 20.6 Å². The first-order valence-corrected chi connectivity index (χ1v) is 13.1. The van der Waals surface area contributed by atoms with E-state index < -0.39 is 40.4 Å². The van der Waals surface area contributed by atoms with Crippen molar-refractivity contribution in [3.63, 3.8) is 0 Å². The number of amides is 1. The molecule has 3 aliphatic rings. The third-order valence-corrected chi connectivity index (χ3v) is 9.06. The topological polar surface area (TPSA) is 218 Å². The molecule has 192 valence electrons. The van der Waals surface area contributed by atoms with E-state index in [0.717, 1.165) is 36.7 Å². The van der Waals surface area contributed by atoms with Crippen molar-refractivity contribution in [2.24, 2.45) is 15.9 Å². The minimum Gasteiger partial charge on any atom is -0.398 e. The number of nitrogens with two attached hydrogens (primary N) is 3. The fraction of sp³-hybridized carbons (Fsp3) is 0.667. The van der Waals surface area contributed by atoms with E-state index in [1.807, 2.05) is 0 Å². The van der Waals surface area contributed by atoms with Gasteiger partial charge in [-0.1, -0.05) is 25.6 Å². The molecule has 1 aromatic rings. The maximum absolute atomic E-state index is 11.1. The van der Waals surface area contributed by atoms with Crippen LogP contribution in [0, 0.1) is 0 Å². The van der Waals surface area contributed by atoms with Crippen LogP contribution in [0.1, 0.15) is 49.2 Å². The number of thioether (sulfide) groups is 1. The van der Waals surface area contributed by atoms with Crippen molar-refractivity contribution in [1.29, 1.82) is 0 Å². The zero-order chi connectivity index (χ0) is 25.7. The Morgan fingerprint density at radius 3 is 2.32 bits per heavy atom.